The van der Waals surface area contributed by atoms with E-state index in [0.717, 1.165) is 18.2 Å². The van der Waals surface area contributed by atoms with E-state index in [1.807, 2.05) is 11.8 Å². The number of rotatable bonds is 7. The third kappa shape index (κ3) is 7.53. The molecule has 3 rings (SSSR count). The lowest BCUT2D eigenvalue weighted by Gasteiger charge is -2.34. The molecule has 0 aliphatic carbocycles. The van der Waals surface area contributed by atoms with E-state index in [9.17, 15) is 13.6 Å². The Kier molecular flexibility index (Phi) is 10.5. The van der Waals surface area contributed by atoms with Crippen LogP contribution in [-0.2, 0) is 11.3 Å². The number of anilines is 1. The van der Waals surface area contributed by atoms with Gasteiger partial charge in [-0.05, 0) is 31.2 Å². The lowest BCUT2D eigenvalue weighted by molar-refractivity contribution is -0.131. The van der Waals surface area contributed by atoms with Crippen LogP contribution in [0, 0.1) is 11.6 Å². The van der Waals surface area contributed by atoms with E-state index in [2.05, 4.69) is 30.5 Å². The van der Waals surface area contributed by atoms with Crippen molar-refractivity contribution in [2.24, 2.45) is 4.99 Å². The van der Waals surface area contributed by atoms with E-state index in [4.69, 9.17) is 0 Å². The standard InChI is InChI=1S/C21H27F2N7O.HI/c1-2-24-20(28-15-16-14-17(22)4-5-18(16)23)25-9-6-19(31)29-10-12-30(13-11-29)21-26-7-3-8-27-21;/h3-5,7-8,14H,2,6,9-13,15H2,1H3,(H2,24,25,28);1H. The quantitative estimate of drug-likeness (QED) is 0.308. The molecule has 0 atom stereocenters. The van der Waals surface area contributed by atoms with Crippen molar-refractivity contribution in [1.82, 2.24) is 25.5 Å². The van der Waals surface area contributed by atoms with E-state index < -0.39 is 11.6 Å². The molecule has 11 heteroatoms. The van der Waals surface area contributed by atoms with Crippen LogP contribution in [0.1, 0.15) is 18.9 Å². The maximum absolute atomic E-state index is 13.8. The van der Waals surface area contributed by atoms with Crippen LogP contribution in [0.3, 0.4) is 0 Å². The highest BCUT2D eigenvalue weighted by Gasteiger charge is 2.22. The molecule has 1 aromatic heterocycles. The second-order valence-electron chi connectivity index (χ2n) is 7.02. The summed E-state index contributed by atoms with van der Waals surface area (Å²) in [7, 11) is 0. The Morgan fingerprint density at radius 1 is 1.12 bits per heavy atom. The van der Waals surface area contributed by atoms with E-state index in [-0.39, 0.29) is 42.0 Å². The van der Waals surface area contributed by atoms with Gasteiger partial charge < -0.3 is 20.4 Å². The van der Waals surface area contributed by atoms with Crippen molar-refractivity contribution in [3.8, 4) is 0 Å². The molecule has 1 aromatic carbocycles. The molecule has 1 aliphatic rings. The summed E-state index contributed by atoms with van der Waals surface area (Å²) in [5.74, 6) is 0.168. The van der Waals surface area contributed by atoms with Crippen molar-refractivity contribution in [3.05, 3.63) is 53.9 Å². The number of nitrogens with one attached hydrogen (secondary N) is 2. The van der Waals surface area contributed by atoms with Gasteiger partial charge in [0.05, 0.1) is 6.54 Å². The van der Waals surface area contributed by atoms with Crippen LogP contribution in [0.5, 0.6) is 0 Å². The first kappa shape index (κ1) is 25.7. The number of guanidine groups is 1. The van der Waals surface area contributed by atoms with Crippen LogP contribution in [0.25, 0.3) is 0 Å². The van der Waals surface area contributed by atoms with Crippen LogP contribution >= 0.6 is 24.0 Å². The van der Waals surface area contributed by atoms with Gasteiger partial charge in [-0.1, -0.05) is 0 Å². The lowest BCUT2D eigenvalue weighted by Crippen LogP contribution is -2.50. The summed E-state index contributed by atoms with van der Waals surface area (Å²) >= 11 is 0. The lowest BCUT2D eigenvalue weighted by atomic mass is 10.2. The SMILES string of the molecule is CCNC(=NCc1cc(F)ccc1F)NCCC(=O)N1CCN(c2ncccn2)CC1.I. The fraction of sp³-hybridized carbons (Fsp3) is 0.429. The third-order valence-corrected chi connectivity index (χ3v) is 4.86. The van der Waals surface area contributed by atoms with Gasteiger partial charge in [-0.3, -0.25) is 4.79 Å². The van der Waals surface area contributed by atoms with Gasteiger partial charge in [-0.25, -0.2) is 23.7 Å². The highest BCUT2D eigenvalue weighted by molar-refractivity contribution is 14.0. The van der Waals surface area contributed by atoms with Gasteiger partial charge in [0.25, 0.3) is 0 Å². The number of aliphatic imine (C=N–C) groups is 1. The Morgan fingerprint density at radius 2 is 1.84 bits per heavy atom. The minimum atomic E-state index is -0.505. The number of hydrogen-bond acceptors (Lipinski definition) is 5. The Labute approximate surface area is 203 Å². The van der Waals surface area contributed by atoms with Crippen LogP contribution in [0.15, 0.2) is 41.7 Å². The number of nitrogens with zero attached hydrogens (tertiary/aromatic N) is 5. The first-order chi connectivity index (χ1) is 15.1. The number of aromatic nitrogens is 2. The molecule has 174 valence electrons. The molecular formula is C21H28F2IN7O. The zero-order chi connectivity index (χ0) is 22.1. The van der Waals surface area contributed by atoms with Crippen molar-refractivity contribution < 1.29 is 13.6 Å². The summed E-state index contributed by atoms with van der Waals surface area (Å²) in [5, 5.41) is 6.12. The first-order valence-electron chi connectivity index (χ1n) is 10.3. The smallest absolute Gasteiger partial charge is 0.225 e. The molecule has 1 amide bonds. The predicted molar refractivity (Wildman–Crippen MR) is 130 cm³/mol. The molecule has 1 aliphatic heterocycles. The molecule has 1 saturated heterocycles. The van der Waals surface area contributed by atoms with Gasteiger partial charge in [0, 0.05) is 63.6 Å². The molecule has 0 radical (unpaired) electrons. The third-order valence-electron chi connectivity index (χ3n) is 4.86. The number of carbonyl (C=O) groups is 1. The molecule has 0 spiro atoms. The summed E-state index contributed by atoms with van der Waals surface area (Å²) in [4.78, 5) is 29.2. The summed E-state index contributed by atoms with van der Waals surface area (Å²) in [6.45, 7) is 5.50. The highest BCUT2D eigenvalue weighted by Crippen LogP contribution is 2.11. The van der Waals surface area contributed by atoms with Crippen molar-refractivity contribution in [3.63, 3.8) is 0 Å². The monoisotopic (exact) mass is 559 g/mol. The Morgan fingerprint density at radius 3 is 2.53 bits per heavy atom. The Hall–Kier alpha value is -2.57. The summed E-state index contributed by atoms with van der Waals surface area (Å²) in [5.41, 5.74) is 0.175. The van der Waals surface area contributed by atoms with Gasteiger partial charge in [-0.15, -0.1) is 24.0 Å². The molecule has 8 nitrogen and oxygen atoms in total. The van der Waals surface area contributed by atoms with Crippen molar-refractivity contribution in [1.29, 1.82) is 0 Å². The van der Waals surface area contributed by atoms with Crippen molar-refractivity contribution >= 4 is 41.8 Å². The zero-order valence-electron chi connectivity index (χ0n) is 17.9. The van der Waals surface area contributed by atoms with Crippen molar-refractivity contribution in [2.75, 3.05) is 44.2 Å². The van der Waals surface area contributed by atoms with Crippen LogP contribution < -0.4 is 15.5 Å². The normalized spacial score (nSPS) is 14.0. The minimum Gasteiger partial charge on any atom is -0.357 e. The Bertz CT molecular complexity index is 893. The van der Waals surface area contributed by atoms with Gasteiger partial charge in [-0.2, -0.15) is 0 Å². The molecule has 2 N–H and O–H groups in total. The maximum Gasteiger partial charge on any atom is 0.225 e. The summed E-state index contributed by atoms with van der Waals surface area (Å²) < 4.78 is 27.1. The second kappa shape index (κ2) is 13.1. The average molecular weight is 559 g/mol. The van der Waals surface area contributed by atoms with E-state index >= 15 is 0 Å². The number of hydrogen-bond donors (Lipinski definition) is 2. The maximum atomic E-state index is 13.8. The predicted octanol–water partition coefficient (Wildman–Crippen LogP) is 2.17. The van der Waals surface area contributed by atoms with E-state index in [1.165, 1.54) is 0 Å². The number of piperazine rings is 1. The molecule has 32 heavy (non-hydrogen) atoms. The van der Waals surface area contributed by atoms with E-state index in [0.29, 0.717) is 57.6 Å². The Balaban J connectivity index is 0.00000363. The molecule has 1 fully saturated rings. The van der Waals surface area contributed by atoms with Gasteiger partial charge >= 0.3 is 0 Å². The summed E-state index contributed by atoms with van der Waals surface area (Å²) in [6, 6.07) is 5.06. The van der Waals surface area contributed by atoms with Crippen molar-refractivity contribution in [2.45, 2.75) is 19.9 Å². The van der Waals surface area contributed by atoms with Crippen LogP contribution in [0.2, 0.25) is 0 Å². The number of benzene rings is 1. The number of carbonyl (C=O) groups excluding carboxylic acids is 1. The second-order valence-corrected chi connectivity index (χ2v) is 7.02. The van der Waals surface area contributed by atoms with E-state index in [1.54, 1.807) is 18.5 Å². The number of amides is 1. The molecule has 2 heterocycles. The first-order valence-corrected chi connectivity index (χ1v) is 10.3. The molecule has 0 unspecified atom stereocenters. The van der Waals surface area contributed by atoms with Gasteiger partial charge in [0.1, 0.15) is 11.6 Å². The van der Waals surface area contributed by atoms with Gasteiger partial charge in [0.15, 0.2) is 5.96 Å². The molecule has 0 bridgehead atoms. The largest absolute Gasteiger partial charge is 0.357 e. The number of halogens is 3. The minimum absolute atomic E-state index is 0. The topological polar surface area (TPSA) is 85.8 Å². The van der Waals surface area contributed by atoms with Gasteiger partial charge in [0.2, 0.25) is 11.9 Å². The fourth-order valence-corrected chi connectivity index (χ4v) is 3.23. The average Bonchev–Trinajstić information content (AvgIpc) is 2.80. The summed E-state index contributed by atoms with van der Waals surface area (Å²) in [6.07, 6.45) is 3.72. The van der Waals surface area contributed by atoms with Crippen LogP contribution in [-0.4, -0.2) is 66.0 Å². The molecule has 0 saturated carbocycles. The molecule has 2 aromatic rings. The zero-order valence-corrected chi connectivity index (χ0v) is 20.3. The van der Waals surface area contributed by atoms with Crippen LogP contribution in [0.4, 0.5) is 14.7 Å². The highest BCUT2D eigenvalue weighted by atomic mass is 127. The molecular weight excluding hydrogens is 531 g/mol. The fourth-order valence-electron chi connectivity index (χ4n) is 3.23.